The average molecular weight is 425 g/mol. The Bertz CT molecular complexity index is 1010. The molecular weight excluding hydrogens is 400 g/mol. The van der Waals surface area contributed by atoms with Crippen LogP contribution in [0, 0.1) is 5.92 Å². The summed E-state index contributed by atoms with van der Waals surface area (Å²) in [6.45, 7) is 1.88. The molecule has 1 aliphatic carbocycles. The predicted octanol–water partition coefficient (Wildman–Crippen LogP) is 2.10. The van der Waals surface area contributed by atoms with Crippen LogP contribution in [-0.2, 0) is 29.0 Å². The third-order valence-electron chi connectivity index (χ3n) is 6.07. The Balaban J connectivity index is 1.43. The molecule has 156 valence electrons. The van der Waals surface area contributed by atoms with Crippen LogP contribution in [0.3, 0.4) is 0 Å². The van der Waals surface area contributed by atoms with Gasteiger partial charge in [-0.3, -0.25) is 19.4 Å². The molecule has 2 aromatic heterocycles. The number of pyridine rings is 1. The number of hydrogen-bond donors (Lipinski definition) is 0. The second-order valence-electron chi connectivity index (χ2n) is 8.36. The number of likely N-dealkylation sites (N-methyl/N-ethyl adjacent to an activating group) is 1. The van der Waals surface area contributed by atoms with Crippen molar-refractivity contribution in [1.29, 1.82) is 0 Å². The summed E-state index contributed by atoms with van der Waals surface area (Å²) in [7, 11) is 1.69. The molecule has 0 saturated heterocycles. The van der Waals surface area contributed by atoms with Gasteiger partial charge in [0.05, 0.1) is 18.5 Å². The van der Waals surface area contributed by atoms with Gasteiger partial charge in [0.25, 0.3) is 5.91 Å². The SMILES string of the molecule is CN1CC(=O)N(CC2CC2)c2sc3c(c2C1=O)CCN(C(=O)Cc1ccccn1)C3. The van der Waals surface area contributed by atoms with E-state index in [9.17, 15) is 14.4 Å². The lowest BCUT2D eigenvalue weighted by atomic mass is 10.0. The van der Waals surface area contributed by atoms with Crippen LogP contribution in [-0.4, -0.2) is 59.2 Å². The van der Waals surface area contributed by atoms with E-state index in [-0.39, 0.29) is 30.7 Å². The molecule has 0 N–H and O–H groups in total. The standard InChI is InChI=1S/C22H24N4O3S/c1-24-13-19(28)26(11-14-5-6-14)22-20(21(24)29)16-7-9-25(12-17(16)30-22)18(27)10-15-4-2-3-8-23-15/h2-4,8,14H,5-7,9-13H2,1H3. The summed E-state index contributed by atoms with van der Waals surface area (Å²) in [5, 5.41) is 0.783. The molecule has 0 aromatic carbocycles. The monoisotopic (exact) mass is 424 g/mol. The van der Waals surface area contributed by atoms with Crippen molar-refractivity contribution in [2.45, 2.75) is 32.2 Å². The van der Waals surface area contributed by atoms with Gasteiger partial charge >= 0.3 is 0 Å². The third-order valence-corrected chi connectivity index (χ3v) is 7.31. The van der Waals surface area contributed by atoms with Crippen molar-refractivity contribution in [2.24, 2.45) is 5.92 Å². The van der Waals surface area contributed by atoms with E-state index in [1.165, 1.54) is 16.2 Å². The molecule has 0 unspecified atom stereocenters. The number of amides is 3. The summed E-state index contributed by atoms with van der Waals surface area (Å²) in [5.74, 6) is 0.480. The molecule has 5 rings (SSSR count). The van der Waals surface area contributed by atoms with Gasteiger partial charge < -0.3 is 14.7 Å². The zero-order chi connectivity index (χ0) is 20.8. The molecule has 0 spiro atoms. The fourth-order valence-corrected chi connectivity index (χ4v) is 5.57. The molecular formula is C22H24N4O3S. The fraction of sp³-hybridized carbons (Fsp3) is 0.455. The van der Waals surface area contributed by atoms with Crippen LogP contribution in [0.25, 0.3) is 0 Å². The van der Waals surface area contributed by atoms with Gasteiger partial charge in [-0.2, -0.15) is 0 Å². The van der Waals surface area contributed by atoms with Gasteiger partial charge in [0, 0.05) is 36.9 Å². The maximum Gasteiger partial charge on any atom is 0.257 e. The molecule has 7 nitrogen and oxygen atoms in total. The number of hydrogen-bond acceptors (Lipinski definition) is 5. The summed E-state index contributed by atoms with van der Waals surface area (Å²) >= 11 is 1.51. The fourth-order valence-electron chi connectivity index (χ4n) is 4.19. The second-order valence-corrected chi connectivity index (χ2v) is 9.44. The number of thiophene rings is 1. The molecule has 0 bridgehead atoms. The summed E-state index contributed by atoms with van der Waals surface area (Å²) in [6, 6.07) is 5.58. The quantitative estimate of drug-likeness (QED) is 0.754. The van der Waals surface area contributed by atoms with Crippen molar-refractivity contribution in [3.63, 3.8) is 0 Å². The highest BCUT2D eigenvalue weighted by Crippen LogP contribution is 2.43. The van der Waals surface area contributed by atoms with E-state index in [4.69, 9.17) is 0 Å². The average Bonchev–Trinajstić information content (AvgIpc) is 3.50. The lowest BCUT2D eigenvalue weighted by molar-refractivity contribution is -0.131. The van der Waals surface area contributed by atoms with Gasteiger partial charge in [-0.25, -0.2) is 0 Å². The van der Waals surface area contributed by atoms with Crippen molar-refractivity contribution >= 4 is 34.1 Å². The maximum atomic E-state index is 13.1. The minimum absolute atomic E-state index is 0.0156. The van der Waals surface area contributed by atoms with E-state index < -0.39 is 0 Å². The first-order chi connectivity index (χ1) is 14.5. The Hall–Kier alpha value is -2.74. The molecule has 8 heteroatoms. The highest BCUT2D eigenvalue weighted by atomic mass is 32.1. The van der Waals surface area contributed by atoms with Crippen LogP contribution in [0.5, 0.6) is 0 Å². The smallest absolute Gasteiger partial charge is 0.257 e. The summed E-state index contributed by atoms with van der Waals surface area (Å²) < 4.78 is 0. The third kappa shape index (κ3) is 3.49. The molecule has 1 saturated carbocycles. The topological polar surface area (TPSA) is 73.8 Å². The minimum Gasteiger partial charge on any atom is -0.337 e. The minimum atomic E-state index is -0.0811. The van der Waals surface area contributed by atoms with E-state index in [2.05, 4.69) is 4.98 Å². The van der Waals surface area contributed by atoms with Crippen molar-refractivity contribution in [1.82, 2.24) is 14.8 Å². The predicted molar refractivity (Wildman–Crippen MR) is 113 cm³/mol. The Morgan fingerprint density at radius 1 is 1.23 bits per heavy atom. The number of aromatic nitrogens is 1. The van der Waals surface area contributed by atoms with E-state index in [1.807, 2.05) is 28.0 Å². The highest BCUT2D eigenvalue weighted by molar-refractivity contribution is 7.17. The zero-order valence-corrected chi connectivity index (χ0v) is 17.8. The molecule has 2 aliphatic heterocycles. The first-order valence-corrected chi connectivity index (χ1v) is 11.2. The number of fused-ring (bicyclic) bond motifs is 3. The van der Waals surface area contributed by atoms with Gasteiger partial charge in [-0.1, -0.05) is 6.07 Å². The molecule has 4 heterocycles. The molecule has 2 aromatic rings. The Morgan fingerprint density at radius 3 is 2.80 bits per heavy atom. The lowest BCUT2D eigenvalue weighted by Gasteiger charge is -2.27. The molecule has 0 atom stereocenters. The maximum absolute atomic E-state index is 13.1. The van der Waals surface area contributed by atoms with E-state index in [0.717, 1.165) is 34.0 Å². The van der Waals surface area contributed by atoms with Crippen LogP contribution in [0.1, 0.15) is 39.3 Å². The van der Waals surface area contributed by atoms with Crippen LogP contribution in [0.4, 0.5) is 5.00 Å². The van der Waals surface area contributed by atoms with Crippen molar-refractivity contribution < 1.29 is 14.4 Å². The summed E-state index contributed by atoms with van der Waals surface area (Å²) in [5.41, 5.74) is 2.46. The first kappa shape index (κ1) is 19.2. The van der Waals surface area contributed by atoms with Crippen molar-refractivity contribution in [3.05, 3.63) is 46.1 Å². The molecule has 3 amide bonds. The number of nitrogens with zero attached hydrogens (tertiary/aromatic N) is 4. The number of carbonyl (C=O) groups is 3. The Labute approximate surface area is 179 Å². The van der Waals surface area contributed by atoms with Gasteiger partial charge in [0.1, 0.15) is 11.5 Å². The Morgan fingerprint density at radius 2 is 2.07 bits per heavy atom. The second kappa shape index (κ2) is 7.50. The van der Waals surface area contributed by atoms with Gasteiger partial charge in [-0.15, -0.1) is 11.3 Å². The van der Waals surface area contributed by atoms with Crippen LogP contribution in [0.15, 0.2) is 24.4 Å². The lowest BCUT2D eigenvalue weighted by Crippen LogP contribution is -2.39. The van der Waals surface area contributed by atoms with Gasteiger partial charge in [0.2, 0.25) is 11.8 Å². The van der Waals surface area contributed by atoms with Crippen molar-refractivity contribution in [3.8, 4) is 0 Å². The number of carbonyl (C=O) groups excluding carboxylic acids is 3. The summed E-state index contributed by atoms with van der Waals surface area (Å²) in [6.07, 6.45) is 4.89. The largest absolute Gasteiger partial charge is 0.337 e. The zero-order valence-electron chi connectivity index (χ0n) is 17.0. The normalized spacial score (nSPS) is 18.9. The van der Waals surface area contributed by atoms with Crippen LogP contribution in [0.2, 0.25) is 0 Å². The van der Waals surface area contributed by atoms with Gasteiger partial charge in [-0.05, 0) is 42.9 Å². The first-order valence-electron chi connectivity index (χ1n) is 10.4. The van der Waals surface area contributed by atoms with E-state index in [0.29, 0.717) is 37.5 Å². The summed E-state index contributed by atoms with van der Waals surface area (Å²) in [4.78, 5) is 49.2. The Kier molecular flexibility index (Phi) is 4.81. The number of rotatable bonds is 4. The van der Waals surface area contributed by atoms with E-state index in [1.54, 1.807) is 13.2 Å². The highest BCUT2D eigenvalue weighted by Gasteiger charge is 2.39. The van der Waals surface area contributed by atoms with Crippen molar-refractivity contribution in [2.75, 3.05) is 31.6 Å². The number of anilines is 1. The van der Waals surface area contributed by atoms with E-state index >= 15 is 0 Å². The molecule has 1 fully saturated rings. The van der Waals surface area contributed by atoms with Gasteiger partial charge in [0.15, 0.2) is 0 Å². The van der Waals surface area contributed by atoms with Crippen LogP contribution >= 0.6 is 11.3 Å². The molecule has 0 radical (unpaired) electrons. The molecule has 30 heavy (non-hydrogen) atoms. The molecule has 3 aliphatic rings. The van der Waals surface area contributed by atoms with Crippen LogP contribution < -0.4 is 4.90 Å².